The molecule has 1 atom stereocenters. The Labute approximate surface area is 102 Å². The normalized spacial score (nSPS) is 27.1. The Bertz CT molecular complexity index is 410. The first-order chi connectivity index (χ1) is 7.87. The highest BCUT2D eigenvalue weighted by atomic mass is 32.2. The molecule has 1 aliphatic carbocycles. The van der Waals surface area contributed by atoms with Gasteiger partial charge in [0.2, 0.25) is 15.9 Å². The van der Waals surface area contributed by atoms with E-state index in [9.17, 15) is 13.2 Å². The molecular formula is C11H20N2O3S. The van der Waals surface area contributed by atoms with Crippen LogP contribution in [0.3, 0.4) is 0 Å². The molecule has 2 aliphatic rings. The minimum absolute atomic E-state index is 0.0852. The number of hydrogen-bond donors (Lipinski definition) is 2. The van der Waals surface area contributed by atoms with Gasteiger partial charge in [0.1, 0.15) is 0 Å². The molecule has 2 fully saturated rings. The number of carbonyl (C=O) groups is 1. The van der Waals surface area contributed by atoms with Gasteiger partial charge in [-0.2, -0.15) is 0 Å². The first-order valence-corrected chi connectivity index (χ1v) is 7.68. The number of amides is 1. The van der Waals surface area contributed by atoms with Gasteiger partial charge in [0.05, 0.1) is 5.25 Å². The number of sulfonamides is 1. The Morgan fingerprint density at radius 1 is 1.35 bits per heavy atom. The van der Waals surface area contributed by atoms with Gasteiger partial charge in [0.15, 0.2) is 0 Å². The number of piperidine rings is 1. The van der Waals surface area contributed by atoms with Gasteiger partial charge in [0, 0.05) is 5.92 Å². The summed E-state index contributed by atoms with van der Waals surface area (Å²) in [7, 11) is -3.47. The molecule has 6 heteroatoms. The van der Waals surface area contributed by atoms with Crippen molar-refractivity contribution < 1.29 is 13.2 Å². The van der Waals surface area contributed by atoms with Crippen LogP contribution in [0.1, 0.15) is 33.1 Å². The van der Waals surface area contributed by atoms with Crippen molar-refractivity contribution in [1.29, 1.82) is 0 Å². The molecule has 0 bridgehead atoms. The molecule has 1 saturated heterocycles. The molecule has 1 heterocycles. The van der Waals surface area contributed by atoms with Crippen LogP contribution in [0.25, 0.3) is 0 Å². The van der Waals surface area contributed by atoms with Crippen molar-refractivity contribution >= 4 is 15.9 Å². The predicted molar refractivity (Wildman–Crippen MR) is 64.8 cm³/mol. The standard InChI is InChI=1S/C11H20N2O3S/c1-8(2)17(15,16)13-10(14)9-7-11(9)3-5-12-6-4-11/h8-9,12H,3-7H2,1-2H3,(H,13,14). The molecule has 2 rings (SSSR count). The van der Waals surface area contributed by atoms with Crippen LogP contribution in [0.4, 0.5) is 0 Å². The maximum absolute atomic E-state index is 11.9. The lowest BCUT2D eigenvalue weighted by Crippen LogP contribution is -2.39. The number of nitrogens with one attached hydrogen (secondary N) is 2. The Hall–Kier alpha value is -0.620. The van der Waals surface area contributed by atoms with Crippen LogP contribution in [0.5, 0.6) is 0 Å². The van der Waals surface area contributed by atoms with Gasteiger partial charge in [0.25, 0.3) is 0 Å². The molecule has 98 valence electrons. The maximum atomic E-state index is 11.9. The van der Waals surface area contributed by atoms with E-state index in [4.69, 9.17) is 0 Å². The van der Waals surface area contributed by atoms with Crippen molar-refractivity contribution in [3.63, 3.8) is 0 Å². The van der Waals surface area contributed by atoms with E-state index in [0.717, 1.165) is 32.4 Å². The minimum Gasteiger partial charge on any atom is -0.317 e. The zero-order valence-electron chi connectivity index (χ0n) is 10.3. The van der Waals surface area contributed by atoms with E-state index >= 15 is 0 Å². The number of hydrogen-bond acceptors (Lipinski definition) is 4. The van der Waals surface area contributed by atoms with Gasteiger partial charge in [-0.3, -0.25) is 9.52 Å². The molecule has 0 aromatic heterocycles. The van der Waals surface area contributed by atoms with Crippen molar-refractivity contribution in [2.24, 2.45) is 11.3 Å². The van der Waals surface area contributed by atoms with Crippen molar-refractivity contribution in [1.82, 2.24) is 10.0 Å². The van der Waals surface area contributed by atoms with Gasteiger partial charge in [-0.1, -0.05) is 0 Å². The highest BCUT2D eigenvalue weighted by Crippen LogP contribution is 2.58. The quantitative estimate of drug-likeness (QED) is 0.762. The van der Waals surface area contributed by atoms with Gasteiger partial charge in [-0.05, 0) is 51.6 Å². The average Bonchev–Trinajstić information content (AvgIpc) is 2.92. The van der Waals surface area contributed by atoms with Crippen molar-refractivity contribution in [3.05, 3.63) is 0 Å². The minimum atomic E-state index is -3.47. The third kappa shape index (κ3) is 2.47. The average molecular weight is 260 g/mol. The third-order valence-electron chi connectivity index (χ3n) is 3.97. The SMILES string of the molecule is CC(C)S(=O)(=O)NC(=O)C1CC12CCNCC2. The van der Waals surface area contributed by atoms with Crippen LogP contribution < -0.4 is 10.0 Å². The fourth-order valence-electron chi connectivity index (χ4n) is 2.52. The molecule has 1 amide bonds. The molecule has 2 N–H and O–H groups in total. The van der Waals surface area contributed by atoms with Crippen molar-refractivity contribution in [3.8, 4) is 0 Å². The van der Waals surface area contributed by atoms with Crippen LogP contribution in [0.15, 0.2) is 0 Å². The predicted octanol–water partition coefficient (Wildman–Crippen LogP) is 0.231. The van der Waals surface area contributed by atoms with Crippen LogP contribution in [-0.2, 0) is 14.8 Å². The molecule has 17 heavy (non-hydrogen) atoms. The van der Waals surface area contributed by atoms with Gasteiger partial charge in [-0.25, -0.2) is 8.42 Å². The first-order valence-electron chi connectivity index (χ1n) is 6.14. The lowest BCUT2D eigenvalue weighted by atomic mass is 9.92. The second-order valence-corrected chi connectivity index (χ2v) is 7.67. The van der Waals surface area contributed by atoms with E-state index in [-0.39, 0.29) is 17.2 Å². The summed E-state index contributed by atoms with van der Waals surface area (Å²) in [6.07, 6.45) is 2.80. The summed E-state index contributed by atoms with van der Waals surface area (Å²) in [5, 5.41) is 2.70. The number of carbonyl (C=O) groups excluding carboxylic acids is 1. The van der Waals surface area contributed by atoms with Crippen LogP contribution in [-0.4, -0.2) is 32.7 Å². The summed E-state index contributed by atoms with van der Waals surface area (Å²) in [4.78, 5) is 11.9. The molecule has 1 spiro atoms. The molecule has 0 aromatic rings. The molecule has 1 saturated carbocycles. The zero-order chi connectivity index (χ0) is 12.7. The van der Waals surface area contributed by atoms with E-state index in [1.807, 2.05) is 0 Å². The monoisotopic (exact) mass is 260 g/mol. The van der Waals surface area contributed by atoms with Gasteiger partial charge in [-0.15, -0.1) is 0 Å². The summed E-state index contributed by atoms with van der Waals surface area (Å²) < 4.78 is 25.4. The summed E-state index contributed by atoms with van der Waals surface area (Å²) in [5.41, 5.74) is 0.0852. The van der Waals surface area contributed by atoms with Crippen LogP contribution in [0.2, 0.25) is 0 Å². The fourth-order valence-corrected chi connectivity index (χ4v) is 3.18. The zero-order valence-corrected chi connectivity index (χ0v) is 11.1. The third-order valence-corrected chi connectivity index (χ3v) is 5.70. The summed E-state index contributed by atoms with van der Waals surface area (Å²) in [5.74, 6) is -0.404. The second kappa shape index (κ2) is 4.24. The number of rotatable bonds is 3. The maximum Gasteiger partial charge on any atom is 0.237 e. The van der Waals surface area contributed by atoms with Gasteiger partial charge < -0.3 is 5.32 Å². The Morgan fingerprint density at radius 3 is 2.47 bits per heavy atom. The Morgan fingerprint density at radius 2 is 1.94 bits per heavy atom. The summed E-state index contributed by atoms with van der Waals surface area (Å²) in [6.45, 7) is 5.01. The van der Waals surface area contributed by atoms with Crippen LogP contribution >= 0.6 is 0 Å². The molecule has 0 radical (unpaired) electrons. The highest BCUT2D eigenvalue weighted by molar-refractivity contribution is 7.90. The second-order valence-electron chi connectivity index (χ2n) is 5.43. The molecule has 0 aromatic carbocycles. The van der Waals surface area contributed by atoms with Crippen LogP contribution in [0, 0.1) is 11.3 Å². The van der Waals surface area contributed by atoms with E-state index in [0.29, 0.717) is 0 Å². The van der Waals surface area contributed by atoms with E-state index < -0.39 is 15.3 Å². The summed E-state index contributed by atoms with van der Waals surface area (Å²) in [6, 6.07) is 0. The molecule has 1 aliphatic heterocycles. The van der Waals surface area contributed by atoms with Crippen molar-refractivity contribution in [2.75, 3.05) is 13.1 Å². The largest absolute Gasteiger partial charge is 0.317 e. The highest BCUT2D eigenvalue weighted by Gasteiger charge is 2.58. The smallest absolute Gasteiger partial charge is 0.237 e. The lowest BCUT2D eigenvalue weighted by Gasteiger charge is -2.23. The Balaban J connectivity index is 1.95. The fraction of sp³-hybridized carbons (Fsp3) is 0.909. The van der Waals surface area contributed by atoms with E-state index in [2.05, 4.69) is 10.0 Å². The summed E-state index contributed by atoms with van der Waals surface area (Å²) >= 11 is 0. The Kier molecular flexibility index (Phi) is 3.20. The van der Waals surface area contributed by atoms with E-state index in [1.54, 1.807) is 13.8 Å². The molecule has 5 nitrogen and oxygen atoms in total. The topological polar surface area (TPSA) is 75.3 Å². The lowest BCUT2D eigenvalue weighted by molar-refractivity contribution is -0.121. The van der Waals surface area contributed by atoms with Crippen molar-refractivity contribution in [2.45, 2.75) is 38.4 Å². The molecule has 1 unspecified atom stereocenters. The molecular weight excluding hydrogens is 240 g/mol. The first kappa shape index (κ1) is 12.8. The van der Waals surface area contributed by atoms with E-state index in [1.165, 1.54) is 0 Å². The van der Waals surface area contributed by atoms with Gasteiger partial charge >= 0.3 is 0 Å².